The van der Waals surface area contributed by atoms with Crippen molar-refractivity contribution in [3.8, 4) is 11.5 Å². The van der Waals surface area contributed by atoms with Crippen molar-refractivity contribution in [3.05, 3.63) is 60.2 Å². The number of hydrogen-bond acceptors (Lipinski definition) is 6. The molecule has 0 N–H and O–H groups in total. The Hall–Kier alpha value is -3.94. The van der Waals surface area contributed by atoms with E-state index < -0.39 is 35.0 Å². The van der Waals surface area contributed by atoms with Crippen LogP contribution in [0, 0.1) is 35.0 Å². The predicted octanol–water partition coefficient (Wildman–Crippen LogP) is 3.21. The maximum Gasteiger partial charge on any atom is 0.238 e. The van der Waals surface area contributed by atoms with E-state index >= 15 is 0 Å². The summed E-state index contributed by atoms with van der Waals surface area (Å²) in [5.74, 6) is -3.38. The van der Waals surface area contributed by atoms with E-state index in [1.165, 1.54) is 9.80 Å². The number of carbonyl (C=O) groups is 4. The van der Waals surface area contributed by atoms with Crippen molar-refractivity contribution in [3.63, 3.8) is 0 Å². The second-order valence-corrected chi connectivity index (χ2v) is 10.2. The molecule has 184 valence electrons. The summed E-state index contributed by atoms with van der Waals surface area (Å²) in [6.45, 7) is 3.75. The van der Waals surface area contributed by atoms with Gasteiger partial charge in [-0.15, -0.1) is 0 Å². The van der Waals surface area contributed by atoms with Gasteiger partial charge in [-0.1, -0.05) is 18.6 Å². The number of nitrogens with zero attached hydrogens (tertiary/aromatic N) is 2. The first-order valence-electron chi connectivity index (χ1n) is 12.0. The summed E-state index contributed by atoms with van der Waals surface area (Å²) in [5.41, 5.74) is 0.846. The predicted molar refractivity (Wildman–Crippen MR) is 130 cm³/mol. The van der Waals surface area contributed by atoms with Gasteiger partial charge >= 0.3 is 0 Å². The van der Waals surface area contributed by atoms with Crippen LogP contribution in [0.1, 0.15) is 13.8 Å². The first kappa shape index (κ1) is 22.5. The van der Waals surface area contributed by atoms with Gasteiger partial charge in [-0.3, -0.25) is 29.0 Å². The van der Waals surface area contributed by atoms with Crippen molar-refractivity contribution in [2.45, 2.75) is 13.8 Å². The Bertz CT molecular complexity index is 1250. The van der Waals surface area contributed by atoms with E-state index in [9.17, 15) is 19.2 Å². The normalized spacial score (nSPS) is 32.6. The third kappa shape index (κ3) is 2.69. The molecule has 3 aliphatic carbocycles. The van der Waals surface area contributed by atoms with Crippen molar-refractivity contribution < 1.29 is 28.7 Å². The van der Waals surface area contributed by atoms with Crippen LogP contribution in [0.3, 0.4) is 0 Å². The summed E-state index contributed by atoms with van der Waals surface area (Å²) in [6.07, 6.45) is 1.96. The highest BCUT2D eigenvalue weighted by molar-refractivity contribution is 6.26. The van der Waals surface area contributed by atoms with Gasteiger partial charge in [-0.05, 0) is 55.5 Å². The van der Waals surface area contributed by atoms with Gasteiger partial charge in [0.05, 0.1) is 49.3 Å². The molecule has 2 heterocycles. The van der Waals surface area contributed by atoms with E-state index in [0.29, 0.717) is 22.9 Å². The lowest BCUT2D eigenvalue weighted by molar-refractivity contribution is -0.146. The number of ether oxygens (including phenoxy) is 2. The number of anilines is 2. The van der Waals surface area contributed by atoms with E-state index in [-0.39, 0.29) is 23.6 Å². The fourth-order valence-electron chi connectivity index (χ4n) is 7.13. The van der Waals surface area contributed by atoms with Crippen molar-refractivity contribution in [2.24, 2.45) is 35.0 Å². The molecule has 0 aromatic heterocycles. The number of hydrogen-bond donors (Lipinski definition) is 0. The Morgan fingerprint density at radius 1 is 0.639 bits per heavy atom. The zero-order chi connectivity index (χ0) is 25.5. The largest absolute Gasteiger partial charge is 0.497 e. The number of methoxy groups -OCH3 is 2. The highest BCUT2D eigenvalue weighted by Gasteiger charge is 2.74. The van der Waals surface area contributed by atoms with Crippen molar-refractivity contribution in [2.75, 3.05) is 24.0 Å². The van der Waals surface area contributed by atoms with E-state index in [0.717, 1.165) is 5.57 Å². The van der Waals surface area contributed by atoms with E-state index in [1.807, 2.05) is 19.9 Å². The molecule has 2 bridgehead atoms. The summed E-state index contributed by atoms with van der Waals surface area (Å²) in [6, 6.07) is 13.5. The van der Waals surface area contributed by atoms with Crippen molar-refractivity contribution in [1.82, 2.24) is 0 Å². The Labute approximate surface area is 208 Å². The number of carbonyl (C=O) groups excluding carboxylic acids is 4. The van der Waals surface area contributed by atoms with Gasteiger partial charge < -0.3 is 9.47 Å². The van der Waals surface area contributed by atoms with Crippen LogP contribution in [-0.4, -0.2) is 37.8 Å². The molecule has 5 aliphatic rings. The monoisotopic (exact) mass is 486 g/mol. The minimum Gasteiger partial charge on any atom is -0.497 e. The smallest absolute Gasteiger partial charge is 0.238 e. The van der Waals surface area contributed by atoms with Gasteiger partial charge in [-0.25, -0.2) is 0 Å². The van der Waals surface area contributed by atoms with E-state index in [1.54, 1.807) is 62.8 Å². The number of allylic oxidation sites excluding steroid dienone is 2. The van der Waals surface area contributed by atoms with Crippen LogP contribution in [0.4, 0.5) is 11.4 Å². The van der Waals surface area contributed by atoms with Crippen LogP contribution in [0.5, 0.6) is 11.5 Å². The first-order chi connectivity index (χ1) is 17.2. The maximum atomic E-state index is 13.8. The third-order valence-corrected chi connectivity index (χ3v) is 8.54. The van der Waals surface area contributed by atoms with Crippen LogP contribution >= 0.6 is 0 Å². The SMILES string of the molecule is COc1ccc(N2C(=O)[C@@H]3C4C(C)=CC(C)([C@@H]3C2=O)[C@H]2C(=O)N(c3ccc(OC)cc3)C(=O)[C@H]42)cc1. The number of rotatable bonds is 4. The summed E-state index contributed by atoms with van der Waals surface area (Å²) in [5, 5.41) is 0. The Balaban J connectivity index is 1.42. The van der Waals surface area contributed by atoms with Gasteiger partial charge in [0.1, 0.15) is 11.5 Å². The lowest BCUT2D eigenvalue weighted by atomic mass is 9.46. The molecule has 36 heavy (non-hydrogen) atoms. The molecule has 2 aromatic carbocycles. The highest BCUT2D eigenvalue weighted by atomic mass is 16.5. The van der Waals surface area contributed by atoms with Crippen LogP contribution in [-0.2, 0) is 19.2 Å². The summed E-state index contributed by atoms with van der Waals surface area (Å²) in [7, 11) is 3.09. The number of benzene rings is 2. The molecule has 2 unspecified atom stereocenters. The van der Waals surface area contributed by atoms with Crippen LogP contribution in [0.15, 0.2) is 60.2 Å². The summed E-state index contributed by atoms with van der Waals surface area (Å²) >= 11 is 0. The zero-order valence-corrected chi connectivity index (χ0v) is 20.4. The average Bonchev–Trinajstić information content (AvgIpc) is 3.30. The molecule has 0 radical (unpaired) electrons. The minimum atomic E-state index is -0.962. The van der Waals surface area contributed by atoms with Crippen LogP contribution in [0.25, 0.3) is 0 Å². The van der Waals surface area contributed by atoms with Gasteiger partial charge in [0, 0.05) is 11.3 Å². The maximum absolute atomic E-state index is 13.8. The van der Waals surface area contributed by atoms with Crippen LogP contribution in [0.2, 0.25) is 0 Å². The average molecular weight is 487 g/mol. The minimum absolute atomic E-state index is 0.319. The molecule has 3 fully saturated rings. The molecular formula is C28H26N2O6. The highest BCUT2D eigenvalue weighted by Crippen LogP contribution is 2.66. The molecule has 2 saturated heterocycles. The fourth-order valence-corrected chi connectivity index (χ4v) is 7.13. The Morgan fingerprint density at radius 3 is 1.39 bits per heavy atom. The lowest BCUT2D eigenvalue weighted by Gasteiger charge is -2.53. The molecule has 0 spiro atoms. The lowest BCUT2D eigenvalue weighted by Crippen LogP contribution is -2.57. The van der Waals surface area contributed by atoms with Gasteiger partial charge in [0.15, 0.2) is 0 Å². The van der Waals surface area contributed by atoms with E-state index in [2.05, 4.69) is 0 Å². The molecule has 8 heteroatoms. The molecule has 2 aliphatic heterocycles. The first-order valence-corrected chi connectivity index (χ1v) is 12.0. The van der Waals surface area contributed by atoms with Gasteiger partial charge in [-0.2, -0.15) is 0 Å². The fraction of sp³-hybridized carbons (Fsp3) is 0.357. The number of imide groups is 2. The molecule has 7 rings (SSSR count). The second-order valence-electron chi connectivity index (χ2n) is 10.2. The molecule has 8 nitrogen and oxygen atoms in total. The molecule has 2 aromatic rings. The van der Waals surface area contributed by atoms with Crippen LogP contribution < -0.4 is 19.3 Å². The zero-order valence-electron chi connectivity index (χ0n) is 20.4. The molecule has 4 amide bonds. The Kier molecular flexibility index (Phi) is 4.71. The summed E-state index contributed by atoms with van der Waals surface area (Å²) in [4.78, 5) is 57.7. The van der Waals surface area contributed by atoms with Crippen molar-refractivity contribution in [1.29, 1.82) is 0 Å². The Morgan fingerprint density at radius 2 is 1.03 bits per heavy atom. The third-order valence-electron chi connectivity index (χ3n) is 8.54. The second kappa shape index (κ2) is 7.53. The quantitative estimate of drug-likeness (QED) is 0.487. The number of amides is 4. The van der Waals surface area contributed by atoms with Crippen molar-refractivity contribution >= 4 is 35.0 Å². The van der Waals surface area contributed by atoms with Gasteiger partial charge in [0.25, 0.3) is 0 Å². The summed E-state index contributed by atoms with van der Waals surface area (Å²) < 4.78 is 10.4. The standard InChI is InChI=1S/C28H26N2O6/c1-14-13-28(2)22-20(24(31)29(26(22)33)15-5-9-17(35-3)10-6-15)19(14)21-23(28)27(34)30(25(21)32)16-7-11-18(36-4)12-8-16/h5-13,19-23H,1-4H3/t19?,20-,21-,22-,23+,28?/m1/s1. The van der Waals surface area contributed by atoms with Gasteiger partial charge in [0.2, 0.25) is 23.6 Å². The molecule has 1 saturated carbocycles. The molecule has 6 atom stereocenters. The van der Waals surface area contributed by atoms with E-state index in [4.69, 9.17) is 9.47 Å². The molecular weight excluding hydrogens is 460 g/mol. The topological polar surface area (TPSA) is 93.2 Å².